The van der Waals surface area contributed by atoms with Gasteiger partial charge in [-0.15, -0.1) is 0 Å². The summed E-state index contributed by atoms with van der Waals surface area (Å²) in [6.45, 7) is 9.61. The SMILES string of the molecule is CC(C)CCCNc1ncnc(Cl)c1C(C)C. The average Bonchev–Trinajstić information content (AvgIpc) is 2.23. The van der Waals surface area contributed by atoms with E-state index in [1.165, 1.54) is 12.7 Å². The molecule has 0 fully saturated rings. The highest BCUT2D eigenvalue weighted by atomic mass is 35.5. The van der Waals surface area contributed by atoms with Crippen LogP contribution in [-0.2, 0) is 0 Å². The zero-order valence-electron chi connectivity index (χ0n) is 11.1. The monoisotopic (exact) mass is 255 g/mol. The molecule has 0 aromatic carbocycles. The van der Waals surface area contributed by atoms with E-state index in [-0.39, 0.29) is 0 Å². The molecule has 17 heavy (non-hydrogen) atoms. The average molecular weight is 256 g/mol. The maximum atomic E-state index is 6.10. The molecule has 1 aromatic rings. The Hall–Kier alpha value is -0.830. The zero-order chi connectivity index (χ0) is 12.8. The van der Waals surface area contributed by atoms with Gasteiger partial charge in [0.1, 0.15) is 17.3 Å². The molecule has 0 bridgehead atoms. The van der Waals surface area contributed by atoms with Crippen molar-refractivity contribution in [2.45, 2.75) is 46.5 Å². The van der Waals surface area contributed by atoms with Crippen LogP contribution >= 0.6 is 11.6 Å². The summed E-state index contributed by atoms with van der Waals surface area (Å²) >= 11 is 6.10. The van der Waals surface area contributed by atoms with Crippen molar-refractivity contribution in [3.63, 3.8) is 0 Å². The van der Waals surface area contributed by atoms with Crippen molar-refractivity contribution in [2.75, 3.05) is 11.9 Å². The smallest absolute Gasteiger partial charge is 0.138 e. The molecule has 3 nitrogen and oxygen atoms in total. The number of anilines is 1. The van der Waals surface area contributed by atoms with Gasteiger partial charge >= 0.3 is 0 Å². The van der Waals surface area contributed by atoms with E-state index in [0.29, 0.717) is 11.1 Å². The van der Waals surface area contributed by atoms with E-state index in [9.17, 15) is 0 Å². The topological polar surface area (TPSA) is 37.8 Å². The van der Waals surface area contributed by atoms with Crippen molar-refractivity contribution in [3.05, 3.63) is 17.0 Å². The van der Waals surface area contributed by atoms with Crippen LogP contribution in [0.3, 0.4) is 0 Å². The fourth-order valence-electron chi connectivity index (χ4n) is 1.74. The Balaban J connectivity index is 2.61. The van der Waals surface area contributed by atoms with Gasteiger partial charge in [0.15, 0.2) is 0 Å². The lowest BCUT2D eigenvalue weighted by atomic mass is 10.1. The van der Waals surface area contributed by atoms with E-state index in [0.717, 1.165) is 30.3 Å². The van der Waals surface area contributed by atoms with Crippen LogP contribution in [0, 0.1) is 5.92 Å². The predicted octanol–water partition coefficient (Wildman–Crippen LogP) is 4.10. The maximum absolute atomic E-state index is 6.10. The summed E-state index contributed by atoms with van der Waals surface area (Å²) in [7, 11) is 0. The Morgan fingerprint density at radius 2 is 1.94 bits per heavy atom. The summed E-state index contributed by atoms with van der Waals surface area (Å²) in [5.41, 5.74) is 1.01. The third-order valence-corrected chi connectivity index (χ3v) is 2.96. The van der Waals surface area contributed by atoms with Crippen LogP contribution in [0.15, 0.2) is 6.33 Å². The van der Waals surface area contributed by atoms with E-state index >= 15 is 0 Å². The lowest BCUT2D eigenvalue weighted by Crippen LogP contribution is -2.09. The normalized spacial score (nSPS) is 11.2. The van der Waals surface area contributed by atoms with E-state index in [2.05, 4.69) is 43.0 Å². The summed E-state index contributed by atoms with van der Waals surface area (Å²) in [5, 5.41) is 3.91. The minimum atomic E-state index is 0.330. The van der Waals surface area contributed by atoms with Gasteiger partial charge in [-0.05, 0) is 24.7 Å². The minimum absolute atomic E-state index is 0.330. The number of nitrogens with zero attached hydrogens (tertiary/aromatic N) is 2. The van der Waals surface area contributed by atoms with Crippen LogP contribution in [0.2, 0.25) is 5.15 Å². The lowest BCUT2D eigenvalue weighted by molar-refractivity contribution is 0.566. The zero-order valence-corrected chi connectivity index (χ0v) is 11.9. The minimum Gasteiger partial charge on any atom is -0.370 e. The third-order valence-electron chi connectivity index (χ3n) is 2.66. The van der Waals surface area contributed by atoms with E-state index < -0.39 is 0 Å². The number of hydrogen-bond donors (Lipinski definition) is 1. The number of hydrogen-bond acceptors (Lipinski definition) is 3. The lowest BCUT2D eigenvalue weighted by Gasteiger charge is -2.14. The Kier molecular flexibility index (Phi) is 5.69. The van der Waals surface area contributed by atoms with Gasteiger partial charge in [0.2, 0.25) is 0 Å². The van der Waals surface area contributed by atoms with Crippen LogP contribution in [0.1, 0.15) is 52.0 Å². The molecule has 0 radical (unpaired) electrons. The van der Waals surface area contributed by atoms with Gasteiger partial charge in [0.25, 0.3) is 0 Å². The molecule has 96 valence electrons. The Bertz CT molecular complexity index is 351. The van der Waals surface area contributed by atoms with Crippen LogP contribution < -0.4 is 5.32 Å². The summed E-state index contributed by atoms with van der Waals surface area (Å²) in [5.74, 6) is 1.95. The molecule has 0 unspecified atom stereocenters. The largest absolute Gasteiger partial charge is 0.370 e. The second-order valence-electron chi connectivity index (χ2n) is 5.04. The fraction of sp³-hybridized carbons (Fsp3) is 0.692. The quantitative estimate of drug-likeness (QED) is 0.614. The molecule has 1 rings (SSSR count). The van der Waals surface area contributed by atoms with Gasteiger partial charge < -0.3 is 5.32 Å². The predicted molar refractivity (Wildman–Crippen MR) is 73.7 cm³/mol. The molecule has 0 spiro atoms. The van der Waals surface area contributed by atoms with Crippen LogP contribution in [0.4, 0.5) is 5.82 Å². The second-order valence-corrected chi connectivity index (χ2v) is 5.40. The molecule has 1 N–H and O–H groups in total. The van der Waals surface area contributed by atoms with Crippen molar-refractivity contribution in [3.8, 4) is 0 Å². The van der Waals surface area contributed by atoms with Crippen molar-refractivity contribution in [2.24, 2.45) is 5.92 Å². The Morgan fingerprint density at radius 3 is 2.53 bits per heavy atom. The highest BCUT2D eigenvalue weighted by molar-refractivity contribution is 6.30. The molecular formula is C13H22ClN3. The first-order valence-corrected chi connectivity index (χ1v) is 6.64. The molecule has 0 aliphatic heterocycles. The molecule has 0 aliphatic rings. The van der Waals surface area contributed by atoms with Crippen molar-refractivity contribution < 1.29 is 0 Å². The number of aromatic nitrogens is 2. The molecule has 1 heterocycles. The molecule has 0 amide bonds. The molecule has 4 heteroatoms. The highest BCUT2D eigenvalue weighted by Crippen LogP contribution is 2.27. The summed E-state index contributed by atoms with van der Waals surface area (Å²) in [6, 6.07) is 0. The first-order chi connectivity index (χ1) is 8.02. The van der Waals surface area contributed by atoms with E-state index in [1.54, 1.807) is 0 Å². The molecule has 0 aliphatic carbocycles. The van der Waals surface area contributed by atoms with Gasteiger partial charge in [-0.3, -0.25) is 0 Å². The van der Waals surface area contributed by atoms with Gasteiger partial charge in [-0.1, -0.05) is 39.3 Å². The number of rotatable bonds is 6. The molecular weight excluding hydrogens is 234 g/mol. The summed E-state index contributed by atoms with van der Waals surface area (Å²) < 4.78 is 0. The number of nitrogens with one attached hydrogen (secondary N) is 1. The van der Waals surface area contributed by atoms with Crippen LogP contribution in [-0.4, -0.2) is 16.5 Å². The van der Waals surface area contributed by atoms with Crippen LogP contribution in [0.25, 0.3) is 0 Å². The molecule has 0 saturated carbocycles. The first-order valence-electron chi connectivity index (χ1n) is 6.26. The second kappa shape index (κ2) is 6.80. The standard InChI is InChI=1S/C13H22ClN3/c1-9(2)6-5-7-15-13-11(10(3)4)12(14)16-8-17-13/h8-10H,5-7H2,1-4H3,(H,15,16,17). The van der Waals surface area contributed by atoms with Crippen molar-refractivity contribution >= 4 is 17.4 Å². The first kappa shape index (κ1) is 14.2. The third kappa shape index (κ3) is 4.50. The van der Waals surface area contributed by atoms with Gasteiger partial charge in [0.05, 0.1) is 0 Å². The van der Waals surface area contributed by atoms with E-state index in [4.69, 9.17) is 11.6 Å². The van der Waals surface area contributed by atoms with E-state index in [1.807, 2.05) is 0 Å². The van der Waals surface area contributed by atoms with Gasteiger partial charge in [0, 0.05) is 12.1 Å². The van der Waals surface area contributed by atoms with Gasteiger partial charge in [-0.25, -0.2) is 9.97 Å². The van der Waals surface area contributed by atoms with Crippen molar-refractivity contribution in [1.82, 2.24) is 9.97 Å². The van der Waals surface area contributed by atoms with Crippen LogP contribution in [0.5, 0.6) is 0 Å². The Morgan fingerprint density at radius 1 is 1.24 bits per heavy atom. The Labute approximate surface area is 109 Å². The summed E-state index contributed by atoms with van der Waals surface area (Å²) in [6.07, 6.45) is 3.89. The fourth-order valence-corrected chi connectivity index (χ4v) is 2.10. The highest BCUT2D eigenvalue weighted by Gasteiger charge is 2.12. The maximum Gasteiger partial charge on any atom is 0.138 e. The molecule has 0 saturated heterocycles. The molecule has 0 atom stereocenters. The van der Waals surface area contributed by atoms with Gasteiger partial charge in [-0.2, -0.15) is 0 Å². The molecule has 1 aromatic heterocycles. The summed E-state index contributed by atoms with van der Waals surface area (Å²) in [4.78, 5) is 8.30. The number of halogens is 1. The van der Waals surface area contributed by atoms with Crippen molar-refractivity contribution in [1.29, 1.82) is 0 Å².